The lowest BCUT2D eigenvalue weighted by atomic mass is 9.83. The van der Waals surface area contributed by atoms with Crippen molar-refractivity contribution in [2.75, 3.05) is 0 Å². The zero-order valence-electron chi connectivity index (χ0n) is 25.4. The van der Waals surface area contributed by atoms with Gasteiger partial charge in [-0.3, -0.25) is 0 Å². The summed E-state index contributed by atoms with van der Waals surface area (Å²) in [6, 6.07) is 49.1. The molecule has 0 unspecified atom stereocenters. The molecule has 0 spiro atoms. The van der Waals surface area contributed by atoms with Gasteiger partial charge in [0.05, 0.1) is 0 Å². The number of rotatable bonds is 5. The first-order valence-corrected chi connectivity index (χ1v) is 15.4. The van der Waals surface area contributed by atoms with Crippen LogP contribution in [0.1, 0.15) is 38.3 Å². The van der Waals surface area contributed by atoms with E-state index in [0.29, 0.717) is 0 Å². The second-order valence-electron chi connectivity index (χ2n) is 11.7. The molecule has 0 aliphatic rings. The van der Waals surface area contributed by atoms with Crippen LogP contribution in [-0.4, -0.2) is 0 Å². The van der Waals surface area contributed by atoms with Crippen molar-refractivity contribution in [1.82, 2.24) is 0 Å². The van der Waals surface area contributed by atoms with Crippen molar-refractivity contribution >= 4 is 37.9 Å². The van der Waals surface area contributed by atoms with Crippen molar-refractivity contribution in [3.8, 4) is 33.4 Å². The molecule has 0 bridgehead atoms. The van der Waals surface area contributed by atoms with Gasteiger partial charge in [-0.05, 0) is 110 Å². The summed E-state index contributed by atoms with van der Waals surface area (Å²) in [6.45, 7) is 9.04. The Morgan fingerprint density at radius 3 is 1.51 bits per heavy atom. The van der Waals surface area contributed by atoms with Gasteiger partial charge in [-0.1, -0.05) is 146 Å². The van der Waals surface area contributed by atoms with Crippen LogP contribution in [0, 0.1) is 6.92 Å². The molecular formula is C43H36. The van der Waals surface area contributed by atoms with E-state index in [0.717, 1.165) is 6.42 Å². The Balaban J connectivity index is 1.54. The van der Waals surface area contributed by atoms with Crippen LogP contribution in [0.5, 0.6) is 0 Å². The molecule has 43 heavy (non-hydrogen) atoms. The molecule has 7 rings (SSSR count). The van der Waals surface area contributed by atoms with Gasteiger partial charge in [-0.2, -0.15) is 0 Å². The van der Waals surface area contributed by atoms with Crippen LogP contribution in [0.3, 0.4) is 0 Å². The molecule has 7 aromatic carbocycles. The zero-order valence-corrected chi connectivity index (χ0v) is 25.4. The van der Waals surface area contributed by atoms with Gasteiger partial charge >= 0.3 is 0 Å². The first-order chi connectivity index (χ1) is 21.1. The van der Waals surface area contributed by atoms with Gasteiger partial charge in [-0.25, -0.2) is 0 Å². The molecule has 208 valence electrons. The van der Waals surface area contributed by atoms with Crippen LogP contribution in [0.25, 0.3) is 71.3 Å². The molecule has 0 aliphatic carbocycles. The maximum Gasteiger partial charge on any atom is -0.00201 e. The standard InChI is InChI=1S/C43H36/c1-5-28(2)29(3)32-24-15-25-33(30(32)4)36-26-27-41(35-19-10-9-18-34(35)36)43-39-22-13-11-20-37(39)42(31-16-7-6-8-17-31)38-21-12-14-23-40(38)43/h6-27H,5H2,1-4H3/b29-28+. The third-order valence-electron chi connectivity index (χ3n) is 9.39. The molecule has 0 heterocycles. The molecule has 0 saturated heterocycles. The molecule has 0 atom stereocenters. The lowest BCUT2D eigenvalue weighted by Gasteiger charge is -2.20. The smallest absolute Gasteiger partial charge is 0.00201 e. The first-order valence-electron chi connectivity index (χ1n) is 15.4. The quantitative estimate of drug-likeness (QED) is 0.186. The minimum atomic E-state index is 1.07. The topological polar surface area (TPSA) is 0 Å². The highest BCUT2D eigenvalue weighted by atomic mass is 14.2. The van der Waals surface area contributed by atoms with Crippen molar-refractivity contribution in [2.24, 2.45) is 0 Å². The van der Waals surface area contributed by atoms with E-state index in [9.17, 15) is 0 Å². The fourth-order valence-corrected chi connectivity index (χ4v) is 6.92. The van der Waals surface area contributed by atoms with Gasteiger partial charge in [0.2, 0.25) is 0 Å². The predicted octanol–water partition coefficient (Wildman–Crippen LogP) is 12.7. The SMILES string of the molecule is CC/C(C)=C(\C)c1cccc(-c2ccc(-c3c4ccccc4c(-c4ccccc4)c4ccccc34)c3ccccc23)c1C. The second-order valence-corrected chi connectivity index (χ2v) is 11.7. The van der Waals surface area contributed by atoms with Crippen LogP contribution in [0.4, 0.5) is 0 Å². The highest BCUT2D eigenvalue weighted by Crippen LogP contribution is 2.46. The fourth-order valence-electron chi connectivity index (χ4n) is 6.92. The molecule has 0 fully saturated rings. The average Bonchev–Trinajstić information content (AvgIpc) is 3.07. The van der Waals surface area contributed by atoms with E-state index in [1.165, 1.54) is 88.0 Å². The molecule has 0 radical (unpaired) electrons. The summed E-state index contributed by atoms with van der Waals surface area (Å²) in [7, 11) is 0. The lowest BCUT2D eigenvalue weighted by molar-refractivity contribution is 1.10. The Hall–Kier alpha value is -4.94. The number of allylic oxidation sites excluding steroid dienone is 2. The highest BCUT2D eigenvalue weighted by Gasteiger charge is 2.19. The van der Waals surface area contributed by atoms with E-state index < -0.39 is 0 Å². The van der Waals surface area contributed by atoms with Gasteiger partial charge in [-0.15, -0.1) is 0 Å². The zero-order chi connectivity index (χ0) is 29.5. The Kier molecular flexibility index (Phi) is 6.92. The molecule has 0 aromatic heterocycles. The van der Waals surface area contributed by atoms with Crippen LogP contribution >= 0.6 is 0 Å². The van der Waals surface area contributed by atoms with Gasteiger partial charge < -0.3 is 0 Å². The monoisotopic (exact) mass is 552 g/mol. The number of hydrogen-bond acceptors (Lipinski definition) is 0. The largest absolute Gasteiger partial charge is 0.0701 e. The number of benzene rings is 7. The summed E-state index contributed by atoms with van der Waals surface area (Å²) < 4.78 is 0. The Morgan fingerprint density at radius 1 is 0.442 bits per heavy atom. The van der Waals surface area contributed by atoms with E-state index in [-0.39, 0.29) is 0 Å². The minimum Gasteiger partial charge on any atom is -0.0701 e. The Morgan fingerprint density at radius 2 is 0.930 bits per heavy atom. The average molecular weight is 553 g/mol. The van der Waals surface area contributed by atoms with Gasteiger partial charge in [0, 0.05) is 0 Å². The van der Waals surface area contributed by atoms with Crippen LogP contribution in [0.2, 0.25) is 0 Å². The molecule has 0 nitrogen and oxygen atoms in total. The van der Waals surface area contributed by atoms with Crippen molar-refractivity contribution in [1.29, 1.82) is 0 Å². The van der Waals surface area contributed by atoms with Gasteiger partial charge in [0.25, 0.3) is 0 Å². The van der Waals surface area contributed by atoms with Crippen molar-refractivity contribution in [2.45, 2.75) is 34.1 Å². The van der Waals surface area contributed by atoms with Gasteiger partial charge in [0.15, 0.2) is 0 Å². The normalized spacial score (nSPS) is 12.2. The molecular weight excluding hydrogens is 516 g/mol. The third-order valence-corrected chi connectivity index (χ3v) is 9.39. The fraction of sp³-hybridized carbons (Fsp3) is 0.116. The van der Waals surface area contributed by atoms with E-state index in [2.05, 4.69) is 161 Å². The highest BCUT2D eigenvalue weighted by molar-refractivity contribution is 6.24. The summed E-state index contributed by atoms with van der Waals surface area (Å²) in [5, 5.41) is 7.71. The maximum absolute atomic E-state index is 2.36. The maximum atomic E-state index is 2.36. The van der Waals surface area contributed by atoms with Crippen molar-refractivity contribution < 1.29 is 0 Å². The molecule has 0 N–H and O–H groups in total. The predicted molar refractivity (Wildman–Crippen MR) is 189 cm³/mol. The molecule has 0 aliphatic heterocycles. The third kappa shape index (κ3) is 4.46. The van der Waals surface area contributed by atoms with E-state index in [1.807, 2.05) is 0 Å². The summed E-state index contributed by atoms with van der Waals surface area (Å²) in [5.74, 6) is 0. The number of hydrogen-bond donors (Lipinski definition) is 0. The van der Waals surface area contributed by atoms with E-state index in [1.54, 1.807) is 0 Å². The molecule has 0 amide bonds. The van der Waals surface area contributed by atoms with Crippen molar-refractivity contribution in [3.05, 3.63) is 150 Å². The summed E-state index contributed by atoms with van der Waals surface area (Å²) in [6.07, 6.45) is 1.07. The molecule has 0 saturated carbocycles. The summed E-state index contributed by atoms with van der Waals surface area (Å²) in [4.78, 5) is 0. The Labute approximate surface area is 255 Å². The Bertz CT molecular complexity index is 2120. The molecule has 0 heteroatoms. The van der Waals surface area contributed by atoms with Crippen molar-refractivity contribution in [3.63, 3.8) is 0 Å². The van der Waals surface area contributed by atoms with Crippen LogP contribution in [0.15, 0.2) is 139 Å². The van der Waals surface area contributed by atoms with E-state index >= 15 is 0 Å². The lowest BCUT2D eigenvalue weighted by Crippen LogP contribution is -1.95. The van der Waals surface area contributed by atoms with Gasteiger partial charge in [0.1, 0.15) is 0 Å². The minimum absolute atomic E-state index is 1.07. The van der Waals surface area contributed by atoms with E-state index in [4.69, 9.17) is 0 Å². The first kappa shape index (κ1) is 26.9. The molecule has 7 aromatic rings. The second kappa shape index (κ2) is 11.0. The van der Waals surface area contributed by atoms with Crippen LogP contribution in [-0.2, 0) is 0 Å². The summed E-state index contributed by atoms with van der Waals surface area (Å²) >= 11 is 0. The summed E-state index contributed by atoms with van der Waals surface area (Å²) in [5.41, 5.74) is 13.2. The van der Waals surface area contributed by atoms with Crippen LogP contribution < -0.4 is 0 Å². The number of fused-ring (bicyclic) bond motifs is 3.